The number of benzene rings is 1. The van der Waals surface area contributed by atoms with Crippen molar-refractivity contribution in [2.45, 2.75) is 25.6 Å². The Morgan fingerprint density at radius 1 is 1.48 bits per heavy atom. The van der Waals surface area contributed by atoms with E-state index in [2.05, 4.69) is 0 Å². The first kappa shape index (κ1) is 14.5. The van der Waals surface area contributed by atoms with E-state index in [1.165, 1.54) is 0 Å². The lowest BCUT2D eigenvalue weighted by atomic mass is 9.77. The van der Waals surface area contributed by atoms with E-state index < -0.39 is 17.4 Å². The van der Waals surface area contributed by atoms with E-state index in [0.717, 1.165) is 11.3 Å². The zero-order chi connectivity index (χ0) is 16.2. The third-order valence-corrected chi connectivity index (χ3v) is 4.97. The average Bonchev–Trinajstić information content (AvgIpc) is 3.16. The normalized spacial score (nSPS) is 34.1. The van der Waals surface area contributed by atoms with Crippen molar-refractivity contribution in [1.82, 2.24) is 0 Å². The summed E-state index contributed by atoms with van der Waals surface area (Å²) in [4.78, 5) is 27.0. The largest absolute Gasteiger partial charge is 0.466 e. The van der Waals surface area contributed by atoms with Gasteiger partial charge in [0.05, 0.1) is 25.2 Å². The number of aryl methyl sites for hydroxylation is 1. The maximum absolute atomic E-state index is 13.0. The number of amides is 1. The minimum absolute atomic E-state index is 0.0551. The molecule has 0 aromatic heterocycles. The van der Waals surface area contributed by atoms with Crippen molar-refractivity contribution < 1.29 is 19.1 Å². The van der Waals surface area contributed by atoms with Gasteiger partial charge in [0.1, 0.15) is 11.5 Å². The van der Waals surface area contributed by atoms with Gasteiger partial charge in [0.2, 0.25) is 5.91 Å². The van der Waals surface area contributed by atoms with Gasteiger partial charge in [-0.05, 0) is 31.5 Å². The Kier molecular flexibility index (Phi) is 3.10. The molecule has 0 radical (unpaired) electrons. The predicted octanol–water partition coefficient (Wildman–Crippen LogP) is 1.84. The molecule has 1 amide bonds. The number of carbonyl (C=O) groups is 2. The van der Waals surface area contributed by atoms with Crippen LogP contribution in [0.5, 0.6) is 0 Å². The molecule has 4 atom stereocenters. The second kappa shape index (κ2) is 4.93. The van der Waals surface area contributed by atoms with Crippen LogP contribution in [0.1, 0.15) is 12.5 Å². The summed E-state index contributed by atoms with van der Waals surface area (Å²) < 4.78 is 11.2. The van der Waals surface area contributed by atoms with Crippen molar-refractivity contribution in [3.63, 3.8) is 0 Å². The Bertz CT molecular complexity index is 713. The maximum Gasteiger partial charge on any atom is 0.312 e. The zero-order valence-electron chi connectivity index (χ0n) is 13.2. The highest BCUT2D eigenvalue weighted by atomic mass is 16.6. The van der Waals surface area contributed by atoms with Gasteiger partial charge in [-0.1, -0.05) is 24.3 Å². The van der Waals surface area contributed by atoms with E-state index in [0.29, 0.717) is 13.2 Å². The number of anilines is 1. The highest BCUT2D eigenvalue weighted by molar-refractivity contribution is 6.02. The van der Waals surface area contributed by atoms with Crippen molar-refractivity contribution >= 4 is 17.6 Å². The van der Waals surface area contributed by atoms with Crippen LogP contribution in [0.2, 0.25) is 0 Å². The smallest absolute Gasteiger partial charge is 0.312 e. The number of ether oxygens (including phenoxy) is 2. The lowest BCUT2D eigenvalue weighted by Gasteiger charge is -2.22. The van der Waals surface area contributed by atoms with Crippen molar-refractivity contribution in [3.8, 4) is 0 Å². The fraction of sp³-hybridized carbons (Fsp3) is 0.444. The summed E-state index contributed by atoms with van der Waals surface area (Å²) in [5.41, 5.74) is 1.25. The van der Waals surface area contributed by atoms with E-state index in [4.69, 9.17) is 9.47 Å². The van der Waals surface area contributed by atoms with Gasteiger partial charge in [0, 0.05) is 5.69 Å². The van der Waals surface area contributed by atoms with Gasteiger partial charge in [-0.2, -0.15) is 0 Å². The predicted molar refractivity (Wildman–Crippen MR) is 83.9 cm³/mol. The summed E-state index contributed by atoms with van der Waals surface area (Å²) in [5.74, 6) is -1.42. The minimum Gasteiger partial charge on any atom is -0.466 e. The number of esters is 1. The summed E-state index contributed by atoms with van der Waals surface area (Å²) in [5, 5.41) is 0. The molecule has 2 bridgehead atoms. The Morgan fingerprint density at radius 3 is 3.04 bits per heavy atom. The first-order chi connectivity index (χ1) is 11.1. The van der Waals surface area contributed by atoms with Gasteiger partial charge in [-0.3, -0.25) is 9.59 Å². The van der Waals surface area contributed by atoms with Gasteiger partial charge in [0.15, 0.2) is 0 Å². The van der Waals surface area contributed by atoms with Gasteiger partial charge in [0.25, 0.3) is 0 Å². The Labute approximate surface area is 134 Å². The standard InChI is InChI=1S/C18H19NO4/c1-3-22-17(21)14-13-7-8-18(23-13)10-19(16(20)15(14)18)12-6-4-5-11(2)9-12/h4-9,13-15H,3,10H2,1-2H3/t13-,14+,15+,18+/m1/s1. The molecule has 120 valence electrons. The quantitative estimate of drug-likeness (QED) is 0.631. The highest BCUT2D eigenvalue weighted by Crippen LogP contribution is 2.52. The monoisotopic (exact) mass is 313 g/mol. The molecule has 3 heterocycles. The zero-order valence-corrected chi connectivity index (χ0v) is 13.2. The summed E-state index contributed by atoms with van der Waals surface area (Å²) in [7, 11) is 0. The molecule has 4 rings (SSSR count). The van der Waals surface area contributed by atoms with Gasteiger partial charge in [-0.25, -0.2) is 0 Å². The molecular weight excluding hydrogens is 294 g/mol. The van der Waals surface area contributed by atoms with Crippen LogP contribution >= 0.6 is 0 Å². The first-order valence-corrected chi connectivity index (χ1v) is 7.97. The molecule has 5 nitrogen and oxygen atoms in total. The van der Waals surface area contributed by atoms with E-state index in [9.17, 15) is 9.59 Å². The van der Waals surface area contributed by atoms with Crippen LogP contribution in [0.4, 0.5) is 5.69 Å². The van der Waals surface area contributed by atoms with Gasteiger partial charge >= 0.3 is 5.97 Å². The second-order valence-electron chi connectivity index (χ2n) is 6.42. The lowest BCUT2D eigenvalue weighted by molar-refractivity contribution is -0.151. The Morgan fingerprint density at radius 2 is 2.30 bits per heavy atom. The van der Waals surface area contributed by atoms with Crippen LogP contribution in [0.25, 0.3) is 0 Å². The van der Waals surface area contributed by atoms with Crippen molar-refractivity contribution in [1.29, 1.82) is 0 Å². The molecule has 0 unspecified atom stereocenters. The van der Waals surface area contributed by atoms with Crippen LogP contribution < -0.4 is 4.90 Å². The van der Waals surface area contributed by atoms with Crippen molar-refractivity contribution in [2.24, 2.45) is 11.8 Å². The van der Waals surface area contributed by atoms with E-state index in [1.807, 2.05) is 43.3 Å². The number of hydrogen-bond acceptors (Lipinski definition) is 4. The average molecular weight is 313 g/mol. The van der Waals surface area contributed by atoms with Crippen molar-refractivity contribution in [3.05, 3.63) is 42.0 Å². The second-order valence-corrected chi connectivity index (χ2v) is 6.42. The third kappa shape index (κ3) is 1.96. The fourth-order valence-corrected chi connectivity index (χ4v) is 4.02. The summed E-state index contributed by atoms with van der Waals surface area (Å²) >= 11 is 0. The molecule has 3 aliphatic rings. The molecular formula is C18H19NO4. The first-order valence-electron chi connectivity index (χ1n) is 7.97. The van der Waals surface area contributed by atoms with Crippen molar-refractivity contribution in [2.75, 3.05) is 18.1 Å². The third-order valence-electron chi connectivity index (χ3n) is 4.97. The van der Waals surface area contributed by atoms with Crippen LogP contribution in [-0.4, -0.2) is 36.7 Å². The molecule has 3 aliphatic heterocycles. The Balaban J connectivity index is 1.70. The van der Waals surface area contributed by atoms with Gasteiger partial charge < -0.3 is 14.4 Å². The molecule has 0 N–H and O–H groups in total. The fourth-order valence-electron chi connectivity index (χ4n) is 4.02. The minimum atomic E-state index is -0.692. The van der Waals surface area contributed by atoms with Gasteiger partial charge in [-0.15, -0.1) is 0 Å². The molecule has 0 aliphatic carbocycles. The van der Waals surface area contributed by atoms with E-state index in [1.54, 1.807) is 11.8 Å². The number of rotatable bonds is 3. The maximum atomic E-state index is 13.0. The molecule has 1 aromatic carbocycles. The SMILES string of the molecule is CCOC(=O)[C@@H]1[C@H]2C(=O)N(c3cccc(C)c3)C[C@@]23C=C[C@H]1O3. The number of fused-ring (bicyclic) bond motifs is 1. The van der Waals surface area contributed by atoms with Crippen LogP contribution in [0, 0.1) is 18.8 Å². The molecule has 5 heteroatoms. The molecule has 1 aromatic rings. The molecule has 23 heavy (non-hydrogen) atoms. The van der Waals surface area contributed by atoms with Crippen LogP contribution in [0.3, 0.4) is 0 Å². The summed E-state index contributed by atoms with van der Waals surface area (Å²) in [6.45, 7) is 4.52. The molecule has 0 saturated carbocycles. The number of carbonyl (C=O) groups excluding carboxylic acids is 2. The summed E-state index contributed by atoms with van der Waals surface area (Å²) in [6, 6.07) is 7.82. The molecule has 2 saturated heterocycles. The van der Waals surface area contributed by atoms with Crippen LogP contribution in [-0.2, 0) is 19.1 Å². The molecule has 2 fully saturated rings. The molecule has 1 spiro atoms. The summed E-state index contributed by atoms with van der Waals surface area (Å²) in [6.07, 6.45) is 3.50. The van der Waals surface area contributed by atoms with E-state index >= 15 is 0 Å². The highest BCUT2D eigenvalue weighted by Gasteiger charge is 2.67. The van der Waals surface area contributed by atoms with E-state index in [-0.39, 0.29) is 18.0 Å². The topological polar surface area (TPSA) is 55.8 Å². The van der Waals surface area contributed by atoms with Crippen LogP contribution in [0.15, 0.2) is 36.4 Å². The number of nitrogens with zero attached hydrogens (tertiary/aromatic N) is 1. The number of hydrogen-bond donors (Lipinski definition) is 0. The lowest BCUT2D eigenvalue weighted by Crippen LogP contribution is -2.40. The Hall–Kier alpha value is -2.14.